The molecule has 3 rings (SSSR count). The molecule has 148 valence electrons. The van der Waals surface area contributed by atoms with Crippen molar-refractivity contribution in [2.75, 3.05) is 36.5 Å². The first-order chi connectivity index (χ1) is 13.6. The van der Waals surface area contributed by atoms with Gasteiger partial charge in [-0.2, -0.15) is 0 Å². The third-order valence-electron chi connectivity index (χ3n) is 4.34. The molecule has 0 saturated carbocycles. The number of anilines is 2. The van der Waals surface area contributed by atoms with E-state index >= 15 is 0 Å². The molecule has 1 unspecified atom stereocenters. The first-order valence-corrected chi connectivity index (χ1v) is 9.13. The summed E-state index contributed by atoms with van der Waals surface area (Å²) in [5.41, 5.74) is 0.697. The zero-order valence-corrected chi connectivity index (χ0v) is 15.6. The number of hydrogen-bond acceptors (Lipinski definition) is 6. The fourth-order valence-corrected chi connectivity index (χ4v) is 2.76. The van der Waals surface area contributed by atoms with Crippen LogP contribution in [0, 0.1) is 5.82 Å². The summed E-state index contributed by atoms with van der Waals surface area (Å²) in [6.07, 6.45) is 0.784. The molecule has 2 heterocycles. The zero-order chi connectivity index (χ0) is 19.9. The van der Waals surface area contributed by atoms with Gasteiger partial charge in [0, 0.05) is 25.0 Å². The molecule has 0 aliphatic carbocycles. The van der Waals surface area contributed by atoms with Gasteiger partial charge in [-0.1, -0.05) is 6.92 Å². The molecule has 1 N–H and O–H groups in total. The molecular formula is C20H22FN3O4. The normalized spacial score (nSPS) is 15.0. The van der Waals surface area contributed by atoms with Crippen LogP contribution in [0.25, 0.3) is 0 Å². The van der Waals surface area contributed by atoms with Crippen molar-refractivity contribution in [1.82, 2.24) is 4.98 Å². The second-order valence-corrected chi connectivity index (χ2v) is 6.30. The standard InChI is InChI=1S/C20H22FN3O4/c1-2-17(19(25)23-16-6-4-15(21)5-7-16)28-20(26)14-3-8-18(22-13-14)24-9-11-27-12-10-24/h3-8,13,17H,2,9-12H2,1H3,(H,23,25). The first-order valence-electron chi connectivity index (χ1n) is 9.13. The second kappa shape index (κ2) is 9.27. The number of morpholine rings is 1. The Morgan fingerprint density at radius 3 is 2.54 bits per heavy atom. The van der Waals surface area contributed by atoms with Crippen LogP contribution >= 0.6 is 0 Å². The number of esters is 1. The van der Waals surface area contributed by atoms with E-state index in [4.69, 9.17) is 9.47 Å². The zero-order valence-electron chi connectivity index (χ0n) is 15.6. The van der Waals surface area contributed by atoms with Gasteiger partial charge in [0.2, 0.25) is 0 Å². The number of benzene rings is 1. The van der Waals surface area contributed by atoms with Crippen molar-refractivity contribution >= 4 is 23.4 Å². The van der Waals surface area contributed by atoms with Gasteiger partial charge < -0.3 is 19.7 Å². The van der Waals surface area contributed by atoms with Gasteiger partial charge in [-0.05, 0) is 42.8 Å². The van der Waals surface area contributed by atoms with E-state index in [-0.39, 0.29) is 5.56 Å². The van der Waals surface area contributed by atoms with Crippen LogP contribution in [0.3, 0.4) is 0 Å². The van der Waals surface area contributed by atoms with E-state index in [0.717, 1.165) is 18.9 Å². The molecule has 2 aromatic rings. The predicted octanol–water partition coefficient (Wildman–Crippen LogP) is 2.63. The molecule has 1 aliphatic heterocycles. The number of rotatable bonds is 6. The van der Waals surface area contributed by atoms with Crippen LogP contribution in [-0.2, 0) is 14.3 Å². The fourth-order valence-electron chi connectivity index (χ4n) is 2.76. The van der Waals surface area contributed by atoms with Crippen LogP contribution in [0.4, 0.5) is 15.9 Å². The van der Waals surface area contributed by atoms with Gasteiger partial charge >= 0.3 is 5.97 Å². The van der Waals surface area contributed by atoms with Gasteiger partial charge in [-0.25, -0.2) is 14.2 Å². The molecule has 1 fully saturated rings. The Bertz CT molecular complexity index is 805. The van der Waals surface area contributed by atoms with Gasteiger partial charge in [0.25, 0.3) is 5.91 Å². The Kier molecular flexibility index (Phi) is 6.54. The number of hydrogen-bond donors (Lipinski definition) is 1. The molecule has 0 bridgehead atoms. The topological polar surface area (TPSA) is 80.8 Å². The number of aromatic nitrogens is 1. The van der Waals surface area contributed by atoms with Crippen molar-refractivity contribution in [3.63, 3.8) is 0 Å². The van der Waals surface area contributed by atoms with Gasteiger partial charge in [0.1, 0.15) is 11.6 Å². The average molecular weight is 387 g/mol. The minimum Gasteiger partial charge on any atom is -0.449 e. The maximum absolute atomic E-state index is 13.0. The molecule has 28 heavy (non-hydrogen) atoms. The van der Waals surface area contributed by atoms with Gasteiger partial charge in [0.05, 0.1) is 18.8 Å². The molecule has 1 saturated heterocycles. The number of carbonyl (C=O) groups excluding carboxylic acids is 2. The van der Waals surface area contributed by atoms with Crippen molar-refractivity contribution in [2.24, 2.45) is 0 Å². The number of ether oxygens (including phenoxy) is 2. The lowest BCUT2D eigenvalue weighted by Crippen LogP contribution is -2.36. The Morgan fingerprint density at radius 1 is 1.21 bits per heavy atom. The highest BCUT2D eigenvalue weighted by Crippen LogP contribution is 2.15. The van der Waals surface area contributed by atoms with Crippen molar-refractivity contribution < 1.29 is 23.5 Å². The highest BCUT2D eigenvalue weighted by Gasteiger charge is 2.22. The molecule has 1 atom stereocenters. The molecule has 1 aromatic heterocycles. The predicted molar refractivity (Wildman–Crippen MR) is 102 cm³/mol. The molecule has 7 nitrogen and oxygen atoms in total. The second-order valence-electron chi connectivity index (χ2n) is 6.30. The largest absolute Gasteiger partial charge is 0.449 e. The minimum absolute atomic E-state index is 0.269. The number of halogens is 1. The van der Waals surface area contributed by atoms with E-state index in [0.29, 0.717) is 25.3 Å². The van der Waals surface area contributed by atoms with Crippen molar-refractivity contribution in [2.45, 2.75) is 19.4 Å². The van der Waals surface area contributed by atoms with E-state index < -0.39 is 23.8 Å². The maximum atomic E-state index is 13.0. The molecule has 8 heteroatoms. The number of pyridine rings is 1. The quantitative estimate of drug-likeness (QED) is 0.768. The lowest BCUT2D eigenvalue weighted by atomic mass is 10.2. The van der Waals surface area contributed by atoms with Gasteiger partial charge in [-0.3, -0.25) is 4.79 Å². The summed E-state index contributed by atoms with van der Waals surface area (Å²) < 4.78 is 23.6. The number of amides is 1. The first kappa shape index (κ1) is 19.8. The van der Waals surface area contributed by atoms with Gasteiger partial charge in [0.15, 0.2) is 6.10 Å². The van der Waals surface area contributed by atoms with Crippen molar-refractivity contribution in [3.05, 3.63) is 54.0 Å². The maximum Gasteiger partial charge on any atom is 0.340 e. The molecule has 1 aromatic carbocycles. The smallest absolute Gasteiger partial charge is 0.340 e. The van der Waals surface area contributed by atoms with Crippen LogP contribution in [0.5, 0.6) is 0 Å². The van der Waals surface area contributed by atoms with E-state index in [9.17, 15) is 14.0 Å². The number of nitrogens with one attached hydrogen (secondary N) is 1. The lowest BCUT2D eigenvalue weighted by molar-refractivity contribution is -0.124. The molecule has 1 amide bonds. The molecule has 0 spiro atoms. The Hall–Kier alpha value is -3.00. The SMILES string of the molecule is CCC(OC(=O)c1ccc(N2CCOCC2)nc1)C(=O)Nc1ccc(F)cc1. The highest BCUT2D eigenvalue weighted by molar-refractivity contribution is 5.97. The van der Waals surface area contributed by atoms with Crippen LogP contribution in [-0.4, -0.2) is 49.3 Å². The van der Waals surface area contributed by atoms with Crippen LogP contribution in [0.15, 0.2) is 42.6 Å². The monoisotopic (exact) mass is 387 g/mol. The van der Waals surface area contributed by atoms with Crippen molar-refractivity contribution in [1.29, 1.82) is 0 Å². The molecule has 0 radical (unpaired) electrons. The van der Waals surface area contributed by atoms with Crippen LogP contribution in [0.2, 0.25) is 0 Å². The third-order valence-corrected chi connectivity index (χ3v) is 4.34. The van der Waals surface area contributed by atoms with Gasteiger partial charge in [-0.15, -0.1) is 0 Å². The summed E-state index contributed by atoms with van der Waals surface area (Å²) in [6.45, 7) is 4.53. The lowest BCUT2D eigenvalue weighted by Gasteiger charge is -2.27. The molecule has 1 aliphatic rings. The fraction of sp³-hybridized carbons (Fsp3) is 0.350. The third kappa shape index (κ3) is 5.04. The summed E-state index contributed by atoms with van der Waals surface area (Å²) in [7, 11) is 0. The van der Waals surface area contributed by atoms with E-state index in [1.165, 1.54) is 30.5 Å². The van der Waals surface area contributed by atoms with E-state index in [2.05, 4.69) is 15.2 Å². The van der Waals surface area contributed by atoms with Crippen LogP contribution < -0.4 is 10.2 Å². The Morgan fingerprint density at radius 2 is 1.93 bits per heavy atom. The van der Waals surface area contributed by atoms with E-state index in [1.54, 1.807) is 19.1 Å². The summed E-state index contributed by atoms with van der Waals surface area (Å²) in [4.78, 5) is 31.1. The summed E-state index contributed by atoms with van der Waals surface area (Å²) >= 11 is 0. The summed E-state index contributed by atoms with van der Waals surface area (Å²) in [6, 6.07) is 8.74. The number of carbonyl (C=O) groups is 2. The summed E-state index contributed by atoms with van der Waals surface area (Å²) in [5.74, 6) is -0.729. The van der Waals surface area contributed by atoms with Crippen LogP contribution in [0.1, 0.15) is 23.7 Å². The van der Waals surface area contributed by atoms with Crippen molar-refractivity contribution in [3.8, 4) is 0 Å². The number of nitrogens with zero attached hydrogens (tertiary/aromatic N) is 2. The summed E-state index contributed by atoms with van der Waals surface area (Å²) in [5, 5.41) is 2.61. The Balaban J connectivity index is 1.59. The molecular weight excluding hydrogens is 365 g/mol. The average Bonchev–Trinajstić information content (AvgIpc) is 2.74. The van der Waals surface area contributed by atoms with E-state index in [1.807, 2.05) is 0 Å². The minimum atomic E-state index is -0.962. The Labute approximate surface area is 162 Å². The highest BCUT2D eigenvalue weighted by atomic mass is 19.1.